The van der Waals surface area contributed by atoms with Crippen LogP contribution in [0.2, 0.25) is 0 Å². The van der Waals surface area contributed by atoms with Crippen LogP contribution in [0, 0.1) is 6.92 Å². The van der Waals surface area contributed by atoms with Gasteiger partial charge < -0.3 is 20.1 Å². The molecule has 1 aromatic heterocycles. The summed E-state index contributed by atoms with van der Waals surface area (Å²) in [7, 11) is 1.35. The molecule has 3 aromatic rings. The van der Waals surface area contributed by atoms with E-state index in [1.807, 2.05) is 50.2 Å². The van der Waals surface area contributed by atoms with Gasteiger partial charge in [0, 0.05) is 23.1 Å². The van der Waals surface area contributed by atoms with Crippen molar-refractivity contribution in [2.75, 3.05) is 24.4 Å². The zero-order valence-corrected chi connectivity index (χ0v) is 16.0. The third-order valence-corrected chi connectivity index (χ3v) is 3.83. The van der Waals surface area contributed by atoms with E-state index in [1.54, 1.807) is 18.2 Å². The van der Waals surface area contributed by atoms with Gasteiger partial charge in [-0.25, -0.2) is 9.78 Å². The second-order valence-electron chi connectivity index (χ2n) is 6.00. The molecule has 0 aliphatic rings. The largest absolute Gasteiger partial charge is 0.494 e. The van der Waals surface area contributed by atoms with E-state index in [1.165, 1.54) is 7.11 Å². The van der Waals surface area contributed by atoms with Gasteiger partial charge in [-0.2, -0.15) is 4.98 Å². The number of rotatable bonds is 7. The first-order chi connectivity index (χ1) is 13.6. The van der Waals surface area contributed by atoms with Gasteiger partial charge in [0.05, 0.1) is 19.3 Å². The number of anilines is 4. The number of esters is 1. The summed E-state index contributed by atoms with van der Waals surface area (Å²) in [5.74, 6) is 1.50. The van der Waals surface area contributed by atoms with E-state index in [0.717, 1.165) is 17.1 Å². The average molecular weight is 378 g/mol. The van der Waals surface area contributed by atoms with Crippen molar-refractivity contribution in [3.63, 3.8) is 0 Å². The lowest BCUT2D eigenvalue weighted by atomic mass is 10.2. The Morgan fingerprint density at radius 1 is 1.00 bits per heavy atom. The standard InChI is InChI=1S/C21H22N4O3/c1-4-28-18-10-8-16(9-11-18)23-19-12-14(2)22-21(25-19)24-17-7-5-6-15(13-17)20(26)27-3/h5-13H,4H2,1-3H3,(H2,22,23,24,25). The fraction of sp³-hybridized carbons (Fsp3) is 0.190. The van der Waals surface area contributed by atoms with Crippen LogP contribution in [-0.2, 0) is 4.74 Å². The van der Waals surface area contributed by atoms with Crippen LogP contribution in [0.25, 0.3) is 0 Å². The smallest absolute Gasteiger partial charge is 0.337 e. The van der Waals surface area contributed by atoms with E-state index in [0.29, 0.717) is 29.6 Å². The number of nitrogens with one attached hydrogen (secondary N) is 2. The molecule has 0 bridgehead atoms. The maximum Gasteiger partial charge on any atom is 0.337 e. The molecule has 0 saturated carbocycles. The van der Waals surface area contributed by atoms with E-state index in [-0.39, 0.29) is 0 Å². The second kappa shape index (κ2) is 8.85. The number of aryl methyl sites for hydroxylation is 1. The summed E-state index contributed by atoms with van der Waals surface area (Å²) < 4.78 is 10.2. The fourth-order valence-corrected chi connectivity index (χ4v) is 2.61. The number of carbonyl (C=O) groups is 1. The molecule has 0 radical (unpaired) electrons. The van der Waals surface area contributed by atoms with Gasteiger partial charge in [0.1, 0.15) is 11.6 Å². The summed E-state index contributed by atoms with van der Waals surface area (Å²) in [5, 5.41) is 6.38. The van der Waals surface area contributed by atoms with Gasteiger partial charge in [-0.05, 0) is 56.3 Å². The van der Waals surface area contributed by atoms with Crippen LogP contribution >= 0.6 is 0 Å². The van der Waals surface area contributed by atoms with Crippen LogP contribution in [0.5, 0.6) is 5.75 Å². The Morgan fingerprint density at radius 3 is 2.50 bits per heavy atom. The minimum atomic E-state index is -0.397. The van der Waals surface area contributed by atoms with Gasteiger partial charge in [-0.1, -0.05) is 6.07 Å². The molecule has 0 amide bonds. The van der Waals surface area contributed by atoms with E-state index < -0.39 is 5.97 Å². The molecule has 144 valence electrons. The summed E-state index contributed by atoms with van der Waals surface area (Å²) in [6, 6.07) is 16.5. The highest BCUT2D eigenvalue weighted by Gasteiger charge is 2.08. The van der Waals surface area contributed by atoms with Crippen LogP contribution in [0.1, 0.15) is 23.0 Å². The Labute approximate surface area is 163 Å². The molecule has 0 aliphatic heterocycles. The topological polar surface area (TPSA) is 85.4 Å². The Kier molecular flexibility index (Phi) is 6.06. The summed E-state index contributed by atoms with van der Waals surface area (Å²) in [4.78, 5) is 20.6. The van der Waals surface area contributed by atoms with Crippen molar-refractivity contribution in [3.8, 4) is 5.75 Å². The summed E-state index contributed by atoms with van der Waals surface area (Å²) in [6.07, 6.45) is 0. The summed E-state index contributed by atoms with van der Waals surface area (Å²) in [6.45, 7) is 4.47. The van der Waals surface area contributed by atoms with Crippen molar-refractivity contribution in [2.45, 2.75) is 13.8 Å². The lowest BCUT2D eigenvalue weighted by Gasteiger charge is -2.11. The Hall–Kier alpha value is -3.61. The molecule has 1 heterocycles. The second-order valence-corrected chi connectivity index (χ2v) is 6.00. The molecular weight excluding hydrogens is 356 g/mol. The number of carbonyl (C=O) groups excluding carboxylic acids is 1. The number of benzene rings is 2. The van der Waals surface area contributed by atoms with Gasteiger partial charge >= 0.3 is 5.97 Å². The van der Waals surface area contributed by atoms with Gasteiger partial charge in [0.15, 0.2) is 0 Å². The SMILES string of the molecule is CCOc1ccc(Nc2cc(C)nc(Nc3cccc(C(=O)OC)c3)n2)cc1. The third-order valence-electron chi connectivity index (χ3n) is 3.83. The predicted molar refractivity (Wildman–Crippen MR) is 109 cm³/mol. The number of methoxy groups -OCH3 is 1. The van der Waals surface area contributed by atoms with E-state index >= 15 is 0 Å². The molecule has 0 unspecified atom stereocenters. The maximum atomic E-state index is 11.7. The number of aromatic nitrogens is 2. The molecule has 3 rings (SSSR count). The van der Waals surface area contributed by atoms with Gasteiger partial charge in [-0.15, -0.1) is 0 Å². The zero-order valence-electron chi connectivity index (χ0n) is 16.0. The highest BCUT2D eigenvalue weighted by molar-refractivity contribution is 5.90. The number of hydrogen-bond acceptors (Lipinski definition) is 7. The van der Waals surface area contributed by atoms with Crippen LogP contribution in [0.15, 0.2) is 54.6 Å². The van der Waals surface area contributed by atoms with Crippen molar-refractivity contribution in [2.24, 2.45) is 0 Å². The number of hydrogen-bond donors (Lipinski definition) is 2. The maximum absolute atomic E-state index is 11.7. The lowest BCUT2D eigenvalue weighted by molar-refractivity contribution is 0.0601. The molecule has 0 fully saturated rings. The van der Waals surface area contributed by atoms with Gasteiger partial charge in [0.2, 0.25) is 5.95 Å². The lowest BCUT2D eigenvalue weighted by Crippen LogP contribution is -2.04. The molecular formula is C21H22N4O3. The molecule has 0 atom stereocenters. The zero-order chi connectivity index (χ0) is 19.9. The predicted octanol–water partition coefficient (Wildman–Crippen LogP) is 4.46. The van der Waals surface area contributed by atoms with E-state index in [4.69, 9.17) is 9.47 Å². The summed E-state index contributed by atoms with van der Waals surface area (Å²) >= 11 is 0. The first kappa shape index (κ1) is 19.2. The van der Waals surface area contributed by atoms with Crippen molar-refractivity contribution >= 4 is 29.1 Å². The van der Waals surface area contributed by atoms with Crippen molar-refractivity contribution in [3.05, 3.63) is 65.9 Å². The number of ether oxygens (including phenoxy) is 2. The van der Waals surface area contributed by atoms with Crippen LogP contribution < -0.4 is 15.4 Å². The van der Waals surface area contributed by atoms with E-state index in [2.05, 4.69) is 20.6 Å². The molecule has 2 N–H and O–H groups in total. The highest BCUT2D eigenvalue weighted by Crippen LogP contribution is 2.22. The number of nitrogens with zero attached hydrogens (tertiary/aromatic N) is 2. The van der Waals surface area contributed by atoms with Crippen LogP contribution in [-0.4, -0.2) is 29.7 Å². The molecule has 2 aromatic carbocycles. The average Bonchev–Trinajstić information content (AvgIpc) is 2.69. The minimum absolute atomic E-state index is 0.397. The van der Waals surface area contributed by atoms with Gasteiger partial charge in [0.25, 0.3) is 0 Å². The molecule has 0 spiro atoms. The highest BCUT2D eigenvalue weighted by atomic mass is 16.5. The first-order valence-corrected chi connectivity index (χ1v) is 8.88. The van der Waals surface area contributed by atoms with Crippen LogP contribution in [0.4, 0.5) is 23.1 Å². The Balaban J connectivity index is 1.77. The molecule has 0 saturated heterocycles. The normalized spacial score (nSPS) is 10.2. The molecule has 7 nitrogen and oxygen atoms in total. The molecule has 28 heavy (non-hydrogen) atoms. The minimum Gasteiger partial charge on any atom is -0.494 e. The Morgan fingerprint density at radius 2 is 1.79 bits per heavy atom. The van der Waals surface area contributed by atoms with Gasteiger partial charge in [-0.3, -0.25) is 0 Å². The molecule has 0 aliphatic carbocycles. The first-order valence-electron chi connectivity index (χ1n) is 8.88. The van der Waals surface area contributed by atoms with Crippen molar-refractivity contribution in [1.82, 2.24) is 9.97 Å². The Bertz CT molecular complexity index is 958. The summed E-state index contributed by atoms with van der Waals surface area (Å²) in [5.41, 5.74) is 2.84. The van der Waals surface area contributed by atoms with E-state index in [9.17, 15) is 4.79 Å². The van der Waals surface area contributed by atoms with Crippen LogP contribution in [0.3, 0.4) is 0 Å². The van der Waals surface area contributed by atoms with Crippen molar-refractivity contribution in [1.29, 1.82) is 0 Å². The quantitative estimate of drug-likeness (QED) is 0.587. The molecule has 7 heteroatoms. The monoisotopic (exact) mass is 378 g/mol. The fourth-order valence-electron chi connectivity index (χ4n) is 2.61. The van der Waals surface area contributed by atoms with Crippen molar-refractivity contribution < 1.29 is 14.3 Å². The third kappa shape index (κ3) is 4.97.